The van der Waals surface area contributed by atoms with Crippen LogP contribution in [0.25, 0.3) is 11.0 Å². The molecular formula is C14H17N5O. The van der Waals surface area contributed by atoms with Crippen molar-refractivity contribution in [2.45, 2.75) is 37.6 Å². The van der Waals surface area contributed by atoms with Crippen LogP contribution in [0, 0.1) is 0 Å². The number of hydrazine groups is 1. The first kappa shape index (κ1) is 11.8. The van der Waals surface area contributed by atoms with Crippen molar-refractivity contribution in [2.24, 2.45) is 0 Å². The molecule has 1 aromatic carbocycles. The highest BCUT2D eigenvalue weighted by molar-refractivity contribution is 5.97. The van der Waals surface area contributed by atoms with Gasteiger partial charge in [0, 0.05) is 5.56 Å². The van der Waals surface area contributed by atoms with Crippen LogP contribution >= 0.6 is 0 Å². The highest BCUT2D eigenvalue weighted by atomic mass is 16.2. The molecule has 2 N–H and O–H groups in total. The number of hydrogen-bond acceptors (Lipinski definition) is 4. The van der Waals surface area contributed by atoms with Crippen LogP contribution in [0.15, 0.2) is 18.2 Å². The molecule has 0 radical (unpaired) electrons. The van der Waals surface area contributed by atoms with Crippen molar-refractivity contribution in [3.63, 3.8) is 0 Å². The fourth-order valence-electron chi connectivity index (χ4n) is 3.32. The third-order valence-corrected chi connectivity index (χ3v) is 4.45. The van der Waals surface area contributed by atoms with Crippen molar-refractivity contribution < 1.29 is 4.79 Å². The number of benzene rings is 1. The van der Waals surface area contributed by atoms with Gasteiger partial charge in [0.25, 0.3) is 5.91 Å². The van der Waals surface area contributed by atoms with Crippen LogP contribution in [-0.4, -0.2) is 38.4 Å². The maximum absolute atomic E-state index is 12.4. The normalized spacial score (nSPS) is 21.1. The minimum atomic E-state index is 0.0195. The van der Waals surface area contributed by atoms with Gasteiger partial charge < -0.3 is 0 Å². The van der Waals surface area contributed by atoms with Gasteiger partial charge in [0.15, 0.2) is 0 Å². The average Bonchev–Trinajstić information content (AvgIpc) is 2.92. The maximum Gasteiger partial charge on any atom is 0.268 e. The lowest BCUT2D eigenvalue weighted by Gasteiger charge is -2.53. The molecule has 2 heterocycles. The van der Waals surface area contributed by atoms with E-state index in [0.29, 0.717) is 5.56 Å². The Labute approximate surface area is 116 Å². The molecule has 1 spiro atoms. The number of aromatic nitrogens is 3. The molecule has 1 saturated heterocycles. The quantitative estimate of drug-likeness (QED) is 0.826. The molecule has 1 aromatic heterocycles. The topological polar surface area (TPSA) is 73.9 Å². The summed E-state index contributed by atoms with van der Waals surface area (Å²) < 4.78 is 0. The molecule has 1 aliphatic carbocycles. The van der Waals surface area contributed by atoms with Crippen molar-refractivity contribution in [1.29, 1.82) is 0 Å². The van der Waals surface area contributed by atoms with Crippen LogP contribution < -0.4 is 5.43 Å². The number of H-pyrrole nitrogens is 1. The Morgan fingerprint density at radius 3 is 2.70 bits per heavy atom. The zero-order chi connectivity index (χ0) is 13.6. The van der Waals surface area contributed by atoms with Crippen molar-refractivity contribution in [3.05, 3.63) is 23.8 Å². The van der Waals surface area contributed by atoms with Crippen molar-refractivity contribution >= 4 is 16.9 Å². The number of nitrogens with one attached hydrogen (secondary N) is 2. The minimum Gasteiger partial charge on any atom is -0.271 e. The Hall–Kier alpha value is -1.95. The molecule has 104 valence electrons. The average molecular weight is 271 g/mol. The highest BCUT2D eigenvalue weighted by Crippen LogP contribution is 2.34. The Morgan fingerprint density at radius 2 is 1.90 bits per heavy atom. The number of aromatic amines is 1. The summed E-state index contributed by atoms with van der Waals surface area (Å²) in [7, 11) is 0. The fourth-order valence-corrected chi connectivity index (χ4v) is 3.32. The second-order valence-corrected chi connectivity index (χ2v) is 5.87. The molecule has 4 rings (SSSR count). The van der Waals surface area contributed by atoms with E-state index in [0.717, 1.165) is 17.6 Å². The van der Waals surface area contributed by atoms with Crippen LogP contribution in [0.1, 0.15) is 42.5 Å². The number of fused-ring (bicyclic) bond motifs is 1. The van der Waals surface area contributed by atoms with Gasteiger partial charge in [0.05, 0.1) is 12.1 Å². The predicted octanol–water partition coefficient (Wildman–Crippen LogP) is 1.62. The van der Waals surface area contributed by atoms with E-state index < -0.39 is 0 Å². The lowest BCUT2D eigenvalue weighted by atomic mass is 9.79. The van der Waals surface area contributed by atoms with Gasteiger partial charge >= 0.3 is 0 Å². The second-order valence-electron chi connectivity index (χ2n) is 5.87. The molecule has 2 aliphatic rings. The Kier molecular flexibility index (Phi) is 2.53. The van der Waals surface area contributed by atoms with E-state index in [9.17, 15) is 4.79 Å². The van der Waals surface area contributed by atoms with Gasteiger partial charge in [-0.2, -0.15) is 15.4 Å². The van der Waals surface area contributed by atoms with E-state index in [1.54, 1.807) is 17.1 Å². The zero-order valence-corrected chi connectivity index (χ0v) is 11.2. The molecule has 2 aromatic rings. The summed E-state index contributed by atoms with van der Waals surface area (Å²) in [4.78, 5) is 12.4. The van der Waals surface area contributed by atoms with E-state index in [1.165, 1.54) is 32.1 Å². The van der Waals surface area contributed by atoms with Gasteiger partial charge in [-0.15, -0.1) is 0 Å². The molecule has 6 nitrogen and oxygen atoms in total. The van der Waals surface area contributed by atoms with Crippen LogP contribution in [-0.2, 0) is 0 Å². The fraction of sp³-hybridized carbons (Fsp3) is 0.500. The van der Waals surface area contributed by atoms with Gasteiger partial charge in [0.2, 0.25) is 0 Å². The number of carbonyl (C=O) groups excluding carboxylic acids is 1. The van der Waals surface area contributed by atoms with Crippen LogP contribution in [0.2, 0.25) is 0 Å². The summed E-state index contributed by atoms with van der Waals surface area (Å²) in [5, 5.41) is 12.3. The first-order valence-electron chi connectivity index (χ1n) is 7.16. The second kappa shape index (κ2) is 4.28. The van der Waals surface area contributed by atoms with Crippen molar-refractivity contribution in [1.82, 2.24) is 25.8 Å². The molecule has 0 bridgehead atoms. The minimum absolute atomic E-state index is 0.0195. The smallest absolute Gasteiger partial charge is 0.268 e. The molecule has 0 atom stereocenters. The third-order valence-electron chi connectivity index (χ3n) is 4.45. The first-order valence-corrected chi connectivity index (χ1v) is 7.16. The molecule has 1 aliphatic heterocycles. The molecule has 20 heavy (non-hydrogen) atoms. The van der Waals surface area contributed by atoms with Gasteiger partial charge in [-0.05, 0) is 31.0 Å². The Balaban J connectivity index is 1.50. The molecule has 0 unspecified atom stereocenters. The zero-order valence-electron chi connectivity index (χ0n) is 11.2. The summed E-state index contributed by atoms with van der Waals surface area (Å²) in [6.07, 6.45) is 6.21. The Bertz CT molecular complexity index is 650. The molecule has 1 saturated carbocycles. The predicted molar refractivity (Wildman–Crippen MR) is 73.9 cm³/mol. The van der Waals surface area contributed by atoms with Gasteiger partial charge in [-0.25, -0.2) is 5.43 Å². The Morgan fingerprint density at radius 1 is 1.15 bits per heavy atom. The summed E-state index contributed by atoms with van der Waals surface area (Å²) in [5.74, 6) is 0.0195. The molecule has 6 heteroatoms. The lowest BCUT2D eigenvalue weighted by Crippen LogP contribution is -2.73. The van der Waals surface area contributed by atoms with E-state index in [4.69, 9.17) is 0 Å². The number of nitrogens with zero attached hydrogens (tertiary/aromatic N) is 3. The number of carbonyl (C=O) groups is 1. The first-order chi connectivity index (χ1) is 9.76. The van der Waals surface area contributed by atoms with Gasteiger partial charge in [-0.3, -0.25) is 9.80 Å². The summed E-state index contributed by atoms with van der Waals surface area (Å²) in [6, 6.07) is 5.41. The van der Waals surface area contributed by atoms with Gasteiger partial charge in [0.1, 0.15) is 11.0 Å². The standard InChI is InChI=1S/C14H17N5O/c20-13(10-4-5-11-12(8-10)16-18-15-11)19-9-14(17-19)6-2-1-3-7-14/h4-5,8,17H,1-3,6-7,9H2,(H,15,16,18). The summed E-state index contributed by atoms with van der Waals surface area (Å²) in [6.45, 7) is 0.822. The molecule has 1 amide bonds. The number of amides is 1. The van der Waals surface area contributed by atoms with E-state index in [2.05, 4.69) is 20.8 Å². The largest absolute Gasteiger partial charge is 0.271 e. The van der Waals surface area contributed by atoms with E-state index in [-0.39, 0.29) is 11.4 Å². The van der Waals surface area contributed by atoms with Crippen molar-refractivity contribution in [3.8, 4) is 0 Å². The number of hydrogen-bond donors (Lipinski definition) is 2. The molecule has 2 fully saturated rings. The van der Waals surface area contributed by atoms with Crippen LogP contribution in [0.3, 0.4) is 0 Å². The monoisotopic (exact) mass is 271 g/mol. The number of rotatable bonds is 1. The van der Waals surface area contributed by atoms with Gasteiger partial charge in [-0.1, -0.05) is 19.3 Å². The lowest BCUT2D eigenvalue weighted by molar-refractivity contribution is -0.0341. The van der Waals surface area contributed by atoms with E-state index in [1.807, 2.05) is 6.07 Å². The third kappa shape index (κ3) is 1.79. The van der Waals surface area contributed by atoms with Crippen LogP contribution in [0.4, 0.5) is 0 Å². The summed E-state index contributed by atoms with van der Waals surface area (Å²) >= 11 is 0. The maximum atomic E-state index is 12.4. The summed E-state index contributed by atoms with van der Waals surface area (Å²) in [5.41, 5.74) is 5.72. The SMILES string of the molecule is O=C(c1ccc2n[nH]nc2c1)N1CC2(CCCCC2)N1. The van der Waals surface area contributed by atoms with E-state index >= 15 is 0 Å². The van der Waals surface area contributed by atoms with Crippen molar-refractivity contribution in [2.75, 3.05) is 6.54 Å². The highest BCUT2D eigenvalue weighted by Gasteiger charge is 2.45. The molecular weight excluding hydrogens is 254 g/mol. The van der Waals surface area contributed by atoms with Crippen LogP contribution in [0.5, 0.6) is 0 Å².